The molecule has 4 nitrogen and oxygen atoms in total. The van der Waals surface area contributed by atoms with Crippen LogP contribution < -0.4 is 4.90 Å². The molecule has 2 aromatic rings. The Hall–Kier alpha value is -2.08. The van der Waals surface area contributed by atoms with Gasteiger partial charge in [0.25, 0.3) is 5.92 Å². The molecule has 0 bridgehead atoms. The zero-order chi connectivity index (χ0) is 18.2. The van der Waals surface area contributed by atoms with Crippen molar-refractivity contribution in [1.29, 1.82) is 0 Å². The van der Waals surface area contributed by atoms with Crippen LogP contribution in [0.2, 0.25) is 0 Å². The number of aromatic nitrogens is 2. The molecule has 6 heteroatoms. The maximum absolute atomic E-state index is 14.9. The SMILES string of the molecule is Cc1cccc(CN2CCC(F)(F)[C@@]3(CCN(c4cccnc4)C3)C2)n1. The summed E-state index contributed by atoms with van der Waals surface area (Å²) in [5.74, 6) is -2.64. The molecule has 0 aromatic carbocycles. The predicted octanol–water partition coefficient (Wildman–Crippen LogP) is 3.52. The smallest absolute Gasteiger partial charge is 0.257 e. The van der Waals surface area contributed by atoms with Crippen LogP contribution in [0.25, 0.3) is 0 Å². The number of rotatable bonds is 3. The summed E-state index contributed by atoms with van der Waals surface area (Å²) in [6.07, 6.45) is 3.89. The summed E-state index contributed by atoms with van der Waals surface area (Å²) in [5, 5.41) is 0. The van der Waals surface area contributed by atoms with Crippen LogP contribution in [-0.4, -0.2) is 47.0 Å². The van der Waals surface area contributed by atoms with Crippen molar-refractivity contribution in [2.24, 2.45) is 5.41 Å². The lowest BCUT2D eigenvalue weighted by atomic mass is 9.75. The molecule has 2 aromatic heterocycles. The molecule has 2 fully saturated rings. The van der Waals surface area contributed by atoms with Crippen molar-refractivity contribution in [1.82, 2.24) is 14.9 Å². The minimum absolute atomic E-state index is 0.0836. The molecule has 4 rings (SSSR count). The fraction of sp³-hybridized carbons (Fsp3) is 0.500. The van der Waals surface area contributed by atoms with E-state index in [-0.39, 0.29) is 6.42 Å². The monoisotopic (exact) mass is 358 g/mol. The topological polar surface area (TPSA) is 32.3 Å². The summed E-state index contributed by atoms with van der Waals surface area (Å²) in [6.45, 7) is 4.44. The summed E-state index contributed by atoms with van der Waals surface area (Å²) in [7, 11) is 0. The molecule has 2 aliphatic heterocycles. The zero-order valence-corrected chi connectivity index (χ0v) is 15.0. The van der Waals surface area contributed by atoms with Gasteiger partial charge in [0, 0.05) is 51.0 Å². The zero-order valence-electron chi connectivity index (χ0n) is 15.0. The van der Waals surface area contributed by atoms with E-state index in [0.717, 1.165) is 17.1 Å². The van der Waals surface area contributed by atoms with E-state index in [9.17, 15) is 8.78 Å². The fourth-order valence-electron chi connectivity index (χ4n) is 4.30. The van der Waals surface area contributed by atoms with Gasteiger partial charge >= 0.3 is 0 Å². The second-order valence-electron chi connectivity index (χ2n) is 7.60. The van der Waals surface area contributed by atoms with E-state index in [1.807, 2.05) is 37.3 Å². The van der Waals surface area contributed by atoms with E-state index < -0.39 is 11.3 Å². The van der Waals surface area contributed by atoms with Crippen molar-refractivity contribution in [3.05, 3.63) is 54.1 Å². The highest BCUT2D eigenvalue weighted by atomic mass is 19.3. The van der Waals surface area contributed by atoms with Crippen LogP contribution >= 0.6 is 0 Å². The Bertz CT molecular complexity index is 767. The maximum atomic E-state index is 14.9. The first-order valence-electron chi connectivity index (χ1n) is 9.15. The second kappa shape index (κ2) is 6.58. The number of piperidine rings is 1. The largest absolute Gasteiger partial charge is 0.369 e. The second-order valence-corrected chi connectivity index (χ2v) is 7.60. The van der Waals surface area contributed by atoms with E-state index in [2.05, 4.69) is 19.8 Å². The van der Waals surface area contributed by atoms with Gasteiger partial charge in [0.1, 0.15) is 0 Å². The Labute approximate surface area is 152 Å². The molecule has 1 atom stereocenters. The summed E-state index contributed by atoms with van der Waals surface area (Å²) in [5.41, 5.74) is 1.85. The lowest BCUT2D eigenvalue weighted by Gasteiger charge is -2.46. The number of hydrogen-bond acceptors (Lipinski definition) is 4. The Morgan fingerprint density at radius 1 is 1.08 bits per heavy atom. The van der Waals surface area contributed by atoms with Gasteiger partial charge in [0.15, 0.2) is 0 Å². The lowest BCUT2D eigenvalue weighted by Crippen LogP contribution is -2.56. The van der Waals surface area contributed by atoms with Gasteiger partial charge in [0.2, 0.25) is 0 Å². The molecule has 1 spiro atoms. The average molecular weight is 358 g/mol. The van der Waals surface area contributed by atoms with Crippen molar-refractivity contribution >= 4 is 5.69 Å². The normalized spacial score (nSPS) is 25.7. The summed E-state index contributed by atoms with van der Waals surface area (Å²) in [4.78, 5) is 12.9. The molecule has 2 saturated heterocycles. The van der Waals surface area contributed by atoms with Crippen molar-refractivity contribution < 1.29 is 8.78 Å². The molecule has 0 unspecified atom stereocenters. The molecule has 0 N–H and O–H groups in total. The van der Waals surface area contributed by atoms with Gasteiger partial charge in [-0.3, -0.25) is 14.9 Å². The Morgan fingerprint density at radius 3 is 2.73 bits per heavy atom. The van der Waals surface area contributed by atoms with Gasteiger partial charge in [-0.2, -0.15) is 0 Å². The van der Waals surface area contributed by atoms with Crippen molar-refractivity contribution in [3.8, 4) is 0 Å². The van der Waals surface area contributed by atoms with Crippen molar-refractivity contribution in [3.63, 3.8) is 0 Å². The molecule has 4 heterocycles. The summed E-state index contributed by atoms with van der Waals surface area (Å²) < 4.78 is 29.9. The third-order valence-corrected chi connectivity index (χ3v) is 5.74. The molecular formula is C20H24F2N4. The van der Waals surface area contributed by atoms with Crippen LogP contribution in [0.15, 0.2) is 42.7 Å². The highest BCUT2D eigenvalue weighted by Gasteiger charge is 2.59. The number of likely N-dealkylation sites (tertiary alicyclic amines) is 1. The highest BCUT2D eigenvalue weighted by molar-refractivity contribution is 5.45. The number of nitrogens with zero attached hydrogens (tertiary/aromatic N) is 4. The molecule has 0 aliphatic carbocycles. The predicted molar refractivity (Wildman–Crippen MR) is 97.3 cm³/mol. The van der Waals surface area contributed by atoms with E-state index in [4.69, 9.17) is 0 Å². The van der Waals surface area contributed by atoms with Crippen molar-refractivity contribution in [2.75, 3.05) is 31.1 Å². The van der Waals surface area contributed by atoms with Gasteiger partial charge in [-0.05, 0) is 37.6 Å². The van der Waals surface area contributed by atoms with Crippen LogP contribution in [0.5, 0.6) is 0 Å². The quantitative estimate of drug-likeness (QED) is 0.840. The number of pyridine rings is 2. The summed E-state index contributed by atoms with van der Waals surface area (Å²) in [6, 6.07) is 9.71. The number of alkyl halides is 2. The molecule has 2 aliphatic rings. The van der Waals surface area contributed by atoms with E-state index >= 15 is 0 Å². The van der Waals surface area contributed by atoms with Gasteiger partial charge in [-0.1, -0.05) is 6.07 Å². The Morgan fingerprint density at radius 2 is 1.96 bits per heavy atom. The minimum atomic E-state index is -2.64. The van der Waals surface area contributed by atoms with E-state index in [0.29, 0.717) is 39.1 Å². The van der Waals surface area contributed by atoms with Crippen LogP contribution in [0, 0.1) is 12.3 Å². The van der Waals surface area contributed by atoms with Gasteiger partial charge in [-0.15, -0.1) is 0 Å². The number of aryl methyl sites for hydroxylation is 1. The molecule has 26 heavy (non-hydrogen) atoms. The number of halogens is 2. The first-order valence-corrected chi connectivity index (χ1v) is 9.15. The van der Waals surface area contributed by atoms with Gasteiger partial charge < -0.3 is 4.90 Å². The molecule has 0 radical (unpaired) electrons. The van der Waals surface area contributed by atoms with Crippen molar-refractivity contribution in [2.45, 2.75) is 32.2 Å². The third kappa shape index (κ3) is 3.18. The van der Waals surface area contributed by atoms with Crippen LogP contribution in [-0.2, 0) is 6.54 Å². The number of hydrogen-bond donors (Lipinski definition) is 0. The Balaban J connectivity index is 1.52. The van der Waals surface area contributed by atoms with Gasteiger partial charge in [0.05, 0.1) is 23.0 Å². The first kappa shape index (κ1) is 17.3. The Kier molecular flexibility index (Phi) is 4.39. The average Bonchev–Trinajstić information content (AvgIpc) is 3.05. The van der Waals surface area contributed by atoms with Crippen LogP contribution in [0.3, 0.4) is 0 Å². The molecular weight excluding hydrogens is 334 g/mol. The van der Waals surface area contributed by atoms with Crippen LogP contribution in [0.4, 0.5) is 14.5 Å². The molecule has 0 amide bonds. The molecule has 138 valence electrons. The standard InChI is InChI=1S/C20H24F2N4/c1-16-4-2-5-17(24-16)13-25-10-8-20(21,22)19(14-25)7-11-26(15-19)18-6-3-9-23-12-18/h2-6,9,12H,7-8,10-11,13-15H2,1H3/t19-/m0/s1. The third-order valence-electron chi connectivity index (χ3n) is 5.74. The fourth-order valence-corrected chi connectivity index (χ4v) is 4.30. The van der Waals surface area contributed by atoms with E-state index in [1.165, 1.54) is 0 Å². The van der Waals surface area contributed by atoms with Crippen LogP contribution in [0.1, 0.15) is 24.2 Å². The van der Waals surface area contributed by atoms with E-state index in [1.54, 1.807) is 12.4 Å². The lowest BCUT2D eigenvalue weighted by molar-refractivity contribution is -0.159. The van der Waals surface area contributed by atoms with Gasteiger partial charge in [-0.25, -0.2) is 8.78 Å². The maximum Gasteiger partial charge on any atom is 0.257 e. The highest BCUT2D eigenvalue weighted by Crippen LogP contribution is 2.50. The minimum Gasteiger partial charge on any atom is -0.369 e. The number of anilines is 1. The first-order chi connectivity index (χ1) is 12.5. The summed E-state index contributed by atoms with van der Waals surface area (Å²) >= 11 is 0. The molecule has 0 saturated carbocycles.